The monoisotopic (exact) mass is 507 g/mol. The number of nitrogens with one attached hydrogen (secondary N) is 2. The first kappa shape index (κ1) is 26.8. The zero-order chi connectivity index (χ0) is 25.9. The third-order valence-corrected chi connectivity index (χ3v) is 5.58. The molecule has 2 N–H and O–H groups in total. The maximum absolute atomic E-state index is 12.8. The fraction of sp³-hybridized carbons (Fsp3) is 0.250. The molecule has 1 unspecified atom stereocenters. The van der Waals surface area contributed by atoms with Crippen molar-refractivity contribution in [2.45, 2.75) is 33.4 Å². The first-order valence-electron chi connectivity index (χ1n) is 11.7. The first-order valence-corrected chi connectivity index (χ1v) is 12.1. The van der Waals surface area contributed by atoms with Crippen molar-refractivity contribution < 1.29 is 19.1 Å². The minimum Gasteiger partial charge on any atom is -0.490 e. The minimum atomic E-state index is -0.793. The Bertz CT molecular complexity index is 1200. The number of ether oxygens (including phenoxy) is 2. The summed E-state index contributed by atoms with van der Waals surface area (Å²) in [4.78, 5) is 25.4. The summed E-state index contributed by atoms with van der Waals surface area (Å²) in [5, 5.41) is 7.12. The number of benzene rings is 3. The molecule has 0 spiro atoms. The Balaban J connectivity index is 1.64. The molecule has 188 valence electrons. The summed E-state index contributed by atoms with van der Waals surface area (Å²) < 4.78 is 11.7. The molecule has 0 saturated heterocycles. The van der Waals surface area contributed by atoms with Crippen LogP contribution in [0.3, 0.4) is 0 Å². The van der Waals surface area contributed by atoms with Crippen molar-refractivity contribution in [1.29, 1.82) is 0 Å². The molecule has 0 aliphatic carbocycles. The van der Waals surface area contributed by atoms with Crippen molar-refractivity contribution in [1.82, 2.24) is 10.7 Å². The van der Waals surface area contributed by atoms with Crippen molar-refractivity contribution in [3.05, 3.63) is 94.5 Å². The predicted molar refractivity (Wildman–Crippen MR) is 142 cm³/mol. The lowest BCUT2D eigenvalue weighted by atomic mass is 10.0. The van der Waals surface area contributed by atoms with Gasteiger partial charge in [0, 0.05) is 0 Å². The van der Waals surface area contributed by atoms with Crippen molar-refractivity contribution in [3.8, 4) is 11.5 Å². The van der Waals surface area contributed by atoms with Gasteiger partial charge in [0.1, 0.15) is 12.6 Å². The van der Waals surface area contributed by atoms with Crippen LogP contribution in [0.15, 0.2) is 77.9 Å². The van der Waals surface area contributed by atoms with E-state index in [1.165, 1.54) is 6.21 Å². The summed E-state index contributed by atoms with van der Waals surface area (Å²) in [6.07, 6.45) is 1.51. The second-order valence-electron chi connectivity index (χ2n) is 8.32. The van der Waals surface area contributed by atoms with Gasteiger partial charge in [0.05, 0.1) is 23.4 Å². The van der Waals surface area contributed by atoms with E-state index < -0.39 is 17.9 Å². The highest BCUT2D eigenvalue weighted by atomic mass is 35.5. The summed E-state index contributed by atoms with van der Waals surface area (Å²) in [7, 11) is 0. The molecule has 0 aliphatic rings. The second kappa shape index (κ2) is 13.3. The van der Waals surface area contributed by atoms with Crippen molar-refractivity contribution >= 4 is 29.6 Å². The van der Waals surface area contributed by atoms with Gasteiger partial charge in [-0.25, -0.2) is 5.43 Å². The standard InChI is InChI=1S/C28H30ClN3O4/c1-4-35-25-16-21(14-15-24(25)36-18-20-10-6-5-7-11-20)17-30-32-28(34)26(19(2)3)31-27(33)22-12-8-9-13-23(22)29/h5-17,19,26H,4,18H2,1-3H3,(H,31,33)(H,32,34)/b30-17-. The smallest absolute Gasteiger partial charge is 0.262 e. The van der Waals surface area contributed by atoms with Crippen molar-refractivity contribution in [2.24, 2.45) is 11.0 Å². The number of hydrogen-bond acceptors (Lipinski definition) is 5. The Labute approximate surface area is 216 Å². The average molecular weight is 508 g/mol. The summed E-state index contributed by atoms with van der Waals surface area (Å²) in [5.41, 5.74) is 4.58. The van der Waals surface area contributed by atoms with E-state index in [9.17, 15) is 9.59 Å². The lowest BCUT2D eigenvalue weighted by Crippen LogP contribution is -2.48. The molecule has 0 fully saturated rings. The molecule has 0 radical (unpaired) electrons. The molecule has 3 aromatic carbocycles. The van der Waals surface area contributed by atoms with Crippen LogP contribution in [0.2, 0.25) is 5.02 Å². The Morgan fingerprint density at radius 3 is 2.39 bits per heavy atom. The minimum absolute atomic E-state index is 0.169. The molecule has 0 saturated carbocycles. The van der Waals surface area contributed by atoms with Crippen LogP contribution in [0.4, 0.5) is 0 Å². The topological polar surface area (TPSA) is 89.0 Å². The zero-order valence-electron chi connectivity index (χ0n) is 20.5. The van der Waals surface area contributed by atoms with Crippen LogP contribution in [0.5, 0.6) is 11.5 Å². The Kier molecular flexibility index (Phi) is 9.89. The Hall–Kier alpha value is -3.84. The van der Waals surface area contributed by atoms with Crippen LogP contribution in [0.25, 0.3) is 0 Å². The maximum atomic E-state index is 12.8. The lowest BCUT2D eigenvalue weighted by molar-refractivity contribution is -0.123. The quantitative estimate of drug-likeness (QED) is 0.275. The van der Waals surface area contributed by atoms with E-state index in [1.54, 1.807) is 36.4 Å². The van der Waals surface area contributed by atoms with Crippen LogP contribution < -0.4 is 20.2 Å². The van der Waals surface area contributed by atoms with Crippen molar-refractivity contribution in [3.63, 3.8) is 0 Å². The van der Waals surface area contributed by atoms with Crippen LogP contribution in [-0.2, 0) is 11.4 Å². The Morgan fingerprint density at radius 1 is 0.972 bits per heavy atom. The van der Waals surface area contributed by atoms with Gasteiger partial charge in [0.25, 0.3) is 11.8 Å². The van der Waals surface area contributed by atoms with Crippen LogP contribution >= 0.6 is 11.6 Å². The normalized spacial score (nSPS) is 11.8. The molecule has 3 rings (SSSR count). The number of amides is 2. The highest BCUT2D eigenvalue weighted by Gasteiger charge is 2.25. The average Bonchev–Trinajstić information content (AvgIpc) is 2.87. The molecule has 3 aromatic rings. The van der Waals surface area contributed by atoms with Gasteiger partial charge in [-0.3, -0.25) is 9.59 Å². The van der Waals surface area contributed by atoms with E-state index in [2.05, 4.69) is 15.8 Å². The fourth-order valence-electron chi connectivity index (χ4n) is 3.37. The largest absolute Gasteiger partial charge is 0.490 e. The van der Waals surface area contributed by atoms with Gasteiger partial charge in [-0.2, -0.15) is 5.10 Å². The van der Waals surface area contributed by atoms with Gasteiger partial charge in [0.15, 0.2) is 11.5 Å². The lowest BCUT2D eigenvalue weighted by Gasteiger charge is -2.20. The number of carbonyl (C=O) groups is 2. The maximum Gasteiger partial charge on any atom is 0.262 e. The first-order chi connectivity index (χ1) is 17.4. The third-order valence-electron chi connectivity index (χ3n) is 5.25. The zero-order valence-corrected chi connectivity index (χ0v) is 21.3. The van der Waals surface area contributed by atoms with E-state index in [1.807, 2.05) is 57.2 Å². The van der Waals surface area contributed by atoms with Crippen LogP contribution in [0, 0.1) is 5.92 Å². The molecule has 1 atom stereocenters. The van der Waals surface area contributed by atoms with Crippen molar-refractivity contribution in [2.75, 3.05) is 6.61 Å². The fourth-order valence-corrected chi connectivity index (χ4v) is 3.59. The Morgan fingerprint density at radius 2 is 1.69 bits per heavy atom. The van der Waals surface area contributed by atoms with Gasteiger partial charge in [-0.05, 0) is 54.3 Å². The summed E-state index contributed by atoms with van der Waals surface area (Å²) >= 11 is 6.11. The number of hydrazone groups is 1. The van der Waals surface area contributed by atoms with Gasteiger partial charge >= 0.3 is 0 Å². The predicted octanol–water partition coefficient (Wildman–Crippen LogP) is 5.22. The molecule has 2 amide bonds. The van der Waals surface area contributed by atoms with Gasteiger partial charge in [0.2, 0.25) is 0 Å². The summed E-state index contributed by atoms with van der Waals surface area (Å²) in [5.74, 6) is 0.164. The third kappa shape index (κ3) is 7.58. The molecule has 0 aromatic heterocycles. The number of halogens is 1. The highest BCUT2D eigenvalue weighted by molar-refractivity contribution is 6.33. The second-order valence-corrected chi connectivity index (χ2v) is 8.73. The molecule has 8 heteroatoms. The molecular weight excluding hydrogens is 478 g/mol. The molecule has 0 aliphatic heterocycles. The number of rotatable bonds is 11. The highest BCUT2D eigenvalue weighted by Crippen LogP contribution is 2.29. The van der Waals surface area contributed by atoms with E-state index in [-0.39, 0.29) is 5.92 Å². The molecular formula is C28H30ClN3O4. The van der Waals surface area contributed by atoms with E-state index in [0.29, 0.717) is 40.9 Å². The molecule has 7 nitrogen and oxygen atoms in total. The van der Waals surface area contributed by atoms with E-state index >= 15 is 0 Å². The SMILES string of the molecule is CCOc1cc(/C=N\NC(=O)C(NC(=O)c2ccccc2Cl)C(C)C)ccc1OCc1ccccc1. The number of hydrogen-bond donors (Lipinski definition) is 2. The van der Waals surface area contributed by atoms with Gasteiger partial charge in [-0.15, -0.1) is 0 Å². The number of carbonyl (C=O) groups excluding carboxylic acids is 2. The van der Waals surface area contributed by atoms with E-state index in [0.717, 1.165) is 5.56 Å². The van der Waals surface area contributed by atoms with Gasteiger partial charge in [-0.1, -0.05) is 67.9 Å². The molecule has 36 heavy (non-hydrogen) atoms. The molecule has 0 heterocycles. The summed E-state index contributed by atoms with van der Waals surface area (Å²) in [6.45, 7) is 6.46. The number of nitrogens with zero attached hydrogens (tertiary/aromatic N) is 1. The van der Waals surface area contributed by atoms with Crippen LogP contribution in [0.1, 0.15) is 42.3 Å². The van der Waals surface area contributed by atoms with E-state index in [4.69, 9.17) is 21.1 Å². The van der Waals surface area contributed by atoms with Gasteiger partial charge < -0.3 is 14.8 Å². The van der Waals surface area contributed by atoms with Crippen LogP contribution in [-0.4, -0.2) is 30.7 Å². The molecule has 0 bridgehead atoms. The summed E-state index contributed by atoms with van der Waals surface area (Å²) in [6, 6.07) is 21.2.